The van der Waals surface area contributed by atoms with Crippen LogP contribution >= 0.6 is 0 Å². The van der Waals surface area contributed by atoms with Gasteiger partial charge in [-0.2, -0.15) is 26.3 Å². The highest BCUT2D eigenvalue weighted by Crippen LogP contribution is 2.48. The van der Waals surface area contributed by atoms with E-state index in [9.17, 15) is 36.4 Å². The third kappa shape index (κ3) is 4.57. The topological polar surface area (TPSA) is 92.7 Å². The Balaban J connectivity index is 1.70. The molecule has 3 aliphatic heterocycles. The number of alkyl halides is 6. The monoisotopic (exact) mass is 482 g/mol. The van der Waals surface area contributed by atoms with Crippen molar-refractivity contribution in [2.45, 2.75) is 89.1 Å². The lowest BCUT2D eigenvalue weighted by atomic mass is 9.75. The average Bonchev–Trinajstić information content (AvgIpc) is 3.21. The van der Waals surface area contributed by atoms with Gasteiger partial charge in [0.25, 0.3) is 0 Å². The molecule has 0 aromatic rings. The average molecular weight is 482 g/mol. The first-order chi connectivity index (χ1) is 14.5. The number of carbonyl (C=O) groups is 1. The van der Waals surface area contributed by atoms with Crippen LogP contribution in [-0.4, -0.2) is 72.8 Å². The minimum Gasteiger partial charge on any atom is -0.456 e. The molecule has 0 aromatic carbocycles. The Morgan fingerprint density at radius 2 is 1.66 bits per heavy atom. The van der Waals surface area contributed by atoms with E-state index < -0.39 is 78.9 Å². The van der Waals surface area contributed by atoms with E-state index in [-0.39, 0.29) is 0 Å². The Hall–Kier alpha value is -1.19. The molecule has 3 heterocycles. The molecule has 3 saturated heterocycles. The van der Waals surface area contributed by atoms with E-state index in [1.807, 2.05) is 6.92 Å². The highest BCUT2D eigenvalue weighted by atomic mass is 19.4. The van der Waals surface area contributed by atoms with Crippen molar-refractivity contribution in [3.05, 3.63) is 0 Å². The summed E-state index contributed by atoms with van der Waals surface area (Å²) in [5, 5.41) is 9.40. The first-order valence-corrected chi connectivity index (χ1v) is 9.81. The van der Waals surface area contributed by atoms with E-state index in [0.29, 0.717) is 6.42 Å². The summed E-state index contributed by atoms with van der Waals surface area (Å²) in [6, 6.07) is 0. The van der Waals surface area contributed by atoms with Crippen LogP contribution in [0.4, 0.5) is 26.3 Å². The fourth-order valence-corrected chi connectivity index (χ4v) is 4.07. The van der Waals surface area contributed by atoms with E-state index in [4.69, 9.17) is 18.9 Å². The molecule has 14 heteroatoms. The predicted octanol–water partition coefficient (Wildman–Crippen LogP) is 3.19. The van der Waals surface area contributed by atoms with Crippen molar-refractivity contribution in [3.8, 4) is 0 Å². The molecule has 0 spiro atoms. The van der Waals surface area contributed by atoms with Crippen molar-refractivity contribution in [2.75, 3.05) is 6.61 Å². The summed E-state index contributed by atoms with van der Waals surface area (Å²) in [5.74, 6) is -3.82. The van der Waals surface area contributed by atoms with Crippen LogP contribution in [0.25, 0.3) is 0 Å². The van der Waals surface area contributed by atoms with Gasteiger partial charge in [-0.1, -0.05) is 20.8 Å². The van der Waals surface area contributed by atoms with Crippen molar-refractivity contribution < 1.29 is 65.0 Å². The van der Waals surface area contributed by atoms with Gasteiger partial charge in [0.05, 0.1) is 0 Å². The third-order valence-corrected chi connectivity index (χ3v) is 6.06. The van der Waals surface area contributed by atoms with Gasteiger partial charge >= 0.3 is 18.3 Å². The molecular formula is C18H24F6O8. The molecule has 7 unspecified atom stereocenters. The van der Waals surface area contributed by atoms with Gasteiger partial charge in [0.1, 0.15) is 24.7 Å². The molecule has 186 valence electrons. The van der Waals surface area contributed by atoms with Crippen molar-refractivity contribution in [3.63, 3.8) is 0 Å². The van der Waals surface area contributed by atoms with Gasteiger partial charge in [0.15, 0.2) is 24.3 Å². The number of hydrogen-bond donors (Lipinski definition) is 1. The zero-order valence-electron chi connectivity index (χ0n) is 17.5. The first kappa shape index (κ1) is 25.4. The van der Waals surface area contributed by atoms with Gasteiger partial charge < -0.3 is 23.7 Å². The van der Waals surface area contributed by atoms with Crippen LogP contribution in [0.2, 0.25) is 0 Å². The molecule has 7 atom stereocenters. The number of carbonyl (C=O) groups excluding carboxylic acids is 1. The molecular weight excluding hydrogens is 458 g/mol. The molecule has 0 aromatic heterocycles. The quantitative estimate of drug-likeness (QED) is 0.256. The van der Waals surface area contributed by atoms with Crippen LogP contribution in [0, 0.1) is 11.3 Å². The number of hydrogen-bond acceptors (Lipinski definition) is 8. The lowest BCUT2D eigenvalue weighted by Crippen LogP contribution is -2.48. The van der Waals surface area contributed by atoms with Crippen LogP contribution in [-0.2, 0) is 33.4 Å². The number of fused-ring (bicyclic) bond motifs is 3. The van der Waals surface area contributed by atoms with Gasteiger partial charge in [0, 0.05) is 0 Å². The first-order valence-electron chi connectivity index (χ1n) is 9.81. The minimum atomic E-state index is -5.69. The fourth-order valence-electron chi connectivity index (χ4n) is 4.07. The molecule has 0 amide bonds. The molecule has 3 rings (SSSR count). The summed E-state index contributed by atoms with van der Waals surface area (Å²) < 4.78 is 102. The van der Waals surface area contributed by atoms with Gasteiger partial charge in [-0.3, -0.25) is 10.1 Å². The Morgan fingerprint density at radius 3 is 2.16 bits per heavy atom. The maximum Gasteiger partial charge on any atom is 0.423 e. The van der Waals surface area contributed by atoms with Crippen LogP contribution in [0.1, 0.15) is 34.1 Å². The Labute approximate surface area is 178 Å². The summed E-state index contributed by atoms with van der Waals surface area (Å²) >= 11 is 0. The van der Waals surface area contributed by atoms with Crippen molar-refractivity contribution in [1.29, 1.82) is 0 Å². The summed E-state index contributed by atoms with van der Waals surface area (Å²) in [7, 11) is 0. The van der Waals surface area contributed by atoms with E-state index in [1.54, 1.807) is 13.8 Å². The minimum absolute atomic E-state index is 0.522. The lowest BCUT2D eigenvalue weighted by molar-refractivity contribution is -0.341. The van der Waals surface area contributed by atoms with E-state index in [0.717, 1.165) is 6.92 Å². The number of halogens is 6. The Bertz CT molecular complexity index is 699. The number of ether oxygens (including phenoxy) is 5. The van der Waals surface area contributed by atoms with E-state index in [2.05, 4.69) is 9.62 Å². The van der Waals surface area contributed by atoms with Gasteiger partial charge in [-0.15, -0.1) is 0 Å². The smallest absolute Gasteiger partial charge is 0.423 e. The van der Waals surface area contributed by atoms with Gasteiger partial charge in [0.2, 0.25) is 6.10 Å². The molecule has 0 bridgehead atoms. The van der Waals surface area contributed by atoms with Gasteiger partial charge in [-0.25, -0.2) is 4.89 Å². The Morgan fingerprint density at radius 1 is 1.06 bits per heavy atom. The molecule has 3 aliphatic rings. The van der Waals surface area contributed by atoms with Crippen LogP contribution in [0.3, 0.4) is 0 Å². The second-order valence-electron chi connectivity index (χ2n) is 8.87. The zero-order valence-corrected chi connectivity index (χ0v) is 17.5. The predicted molar refractivity (Wildman–Crippen MR) is 89.8 cm³/mol. The Kier molecular flexibility index (Phi) is 6.55. The SMILES string of the molecule is CCC(C)(C)C(OO)C1C(=O)OC2C3OC(C)(COC(C(F)(F)F)C(F)(F)F)OC3OC21. The third-order valence-electron chi connectivity index (χ3n) is 6.06. The van der Waals surface area contributed by atoms with Crippen LogP contribution in [0.5, 0.6) is 0 Å². The zero-order chi connectivity index (χ0) is 24.3. The van der Waals surface area contributed by atoms with Crippen molar-refractivity contribution >= 4 is 5.97 Å². The largest absolute Gasteiger partial charge is 0.456 e. The summed E-state index contributed by atoms with van der Waals surface area (Å²) in [6.07, 6.45) is -20.3. The normalized spacial score (nSPS) is 36.4. The van der Waals surface area contributed by atoms with Crippen molar-refractivity contribution in [1.82, 2.24) is 0 Å². The lowest BCUT2D eigenvalue weighted by Gasteiger charge is -2.35. The summed E-state index contributed by atoms with van der Waals surface area (Å²) in [4.78, 5) is 17.0. The molecule has 0 saturated carbocycles. The standard InChI is InChI=1S/C18H24F6O8/c1-5-15(2,3)11(32-26)7-8-9(28-12(7)25)10-13(29-8)31-16(4,30-10)6-27-14(17(19,20)21)18(22,23)24/h7-11,13-14,26H,5-6H2,1-4H3. The highest BCUT2D eigenvalue weighted by Gasteiger charge is 2.67. The molecule has 32 heavy (non-hydrogen) atoms. The van der Waals surface area contributed by atoms with E-state index in [1.165, 1.54) is 0 Å². The van der Waals surface area contributed by atoms with E-state index >= 15 is 0 Å². The van der Waals surface area contributed by atoms with Gasteiger partial charge in [-0.05, 0) is 18.8 Å². The second kappa shape index (κ2) is 8.24. The molecule has 1 N–H and O–H groups in total. The highest BCUT2D eigenvalue weighted by molar-refractivity contribution is 5.77. The molecule has 0 radical (unpaired) electrons. The second-order valence-corrected chi connectivity index (χ2v) is 8.87. The summed E-state index contributed by atoms with van der Waals surface area (Å²) in [5.41, 5.74) is -0.664. The molecule has 3 fully saturated rings. The van der Waals surface area contributed by atoms with Crippen molar-refractivity contribution in [2.24, 2.45) is 11.3 Å². The van der Waals surface area contributed by atoms with Crippen LogP contribution < -0.4 is 0 Å². The molecule has 0 aliphatic carbocycles. The fraction of sp³-hybridized carbons (Fsp3) is 0.944. The maximum atomic E-state index is 12.7. The maximum absolute atomic E-state index is 12.7. The number of esters is 1. The number of rotatable bonds is 7. The molecule has 8 nitrogen and oxygen atoms in total. The summed E-state index contributed by atoms with van der Waals surface area (Å²) in [6.45, 7) is 5.20. The van der Waals surface area contributed by atoms with Crippen LogP contribution in [0.15, 0.2) is 0 Å².